The molecule has 0 saturated heterocycles. The fraction of sp³-hybridized carbons (Fsp3) is 0.118. The summed E-state index contributed by atoms with van der Waals surface area (Å²) in [6.07, 6.45) is 3.03. The Morgan fingerprint density at radius 2 is 1.62 bits per heavy atom. The van der Waals surface area contributed by atoms with Crippen LogP contribution in [0.25, 0.3) is 5.57 Å². The standard InChI is InChI=1S/C17H17NO2S/c1-14-8-10-17(11-9-14)21(19,20)18-13-12-15(2)16-6-4-3-5-7-16/h3-13H,1-2H3/b15-12+,18-13+. The average Bonchev–Trinajstić information content (AvgIpc) is 2.48. The zero-order valence-corrected chi connectivity index (χ0v) is 12.8. The first-order valence-corrected chi connectivity index (χ1v) is 8.02. The Hall–Kier alpha value is -2.20. The predicted octanol–water partition coefficient (Wildman–Crippen LogP) is 3.86. The topological polar surface area (TPSA) is 46.5 Å². The first kappa shape index (κ1) is 15.2. The number of aryl methyl sites for hydroxylation is 1. The molecule has 0 amide bonds. The highest BCUT2D eigenvalue weighted by Gasteiger charge is 2.10. The lowest BCUT2D eigenvalue weighted by molar-refractivity contribution is 0.598. The van der Waals surface area contributed by atoms with Crippen LogP contribution in [0, 0.1) is 6.92 Å². The zero-order valence-electron chi connectivity index (χ0n) is 12.0. The van der Waals surface area contributed by atoms with E-state index in [1.54, 1.807) is 30.3 Å². The quantitative estimate of drug-likeness (QED) is 0.805. The number of sulfonamides is 1. The molecule has 108 valence electrons. The fourth-order valence-electron chi connectivity index (χ4n) is 1.79. The van der Waals surface area contributed by atoms with Crippen molar-refractivity contribution in [2.24, 2.45) is 4.40 Å². The molecule has 0 aromatic heterocycles. The van der Waals surface area contributed by atoms with E-state index in [0.29, 0.717) is 0 Å². The summed E-state index contributed by atoms with van der Waals surface area (Å²) in [4.78, 5) is 0.204. The Bertz CT molecular complexity index is 758. The Morgan fingerprint density at radius 1 is 1.00 bits per heavy atom. The number of allylic oxidation sites excluding steroid dienone is 2. The minimum absolute atomic E-state index is 0.204. The zero-order chi connectivity index (χ0) is 15.3. The van der Waals surface area contributed by atoms with Crippen LogP contribution in [-0.2, 0) is 10.0 Å². The summed E-state index contributed by atoms with van der Waals surface area (Å²) in [5, 5.41) is 0. The summed E-state index contributed by atoms with van der Waals surface area (Å²) in [6.45, 7) is 3.82. The van der Waals surface area contributed by atoms with E-state index in [-0.39, 0.29) is 4.90 Å². The molecule has 0 spiro atoms. The second kappa shape index (κ2) is 6.50. The van der Waals surface area contributed by atoms with Crippen molar-refractivity contribution < 1.29 is 8.42 Å². The van der Waals surface area contributed by atoms with Gasteiger partial charge in [0.05, 0.1) is 4.90 Å². The van der Waals surface area contributed by atoms with Crippen LogP contribution in [0.3, 0.4) is 0 Å². The number of benzene rings is 2. The van der Waals surface area contributed by atoms with Gasteiger partial charge in [-0.15, -0.1) is 0 Å². The highest BCUT2D eigenvalue weighted by atomic mass is 32.2. The second-order valence-corrected chi connectivity index (χ2v) is 6.39. The lowest BCUT2D eigenvalue weighted by Crippen LogP contribution is -1.96. The van der Waals surface area contributed by atoms with Gasteiger partial charge in [-0.2, -0.15) is 12.8 Å². The molecule has 0 aliphatic rings. The van der Waals surface area contributed by atoms with Crippen LogP contribution in [0.5, 0.6) is 0 Å². The van der Waals surface area contributed by atoms with Gasteiger partial charge in [-0.25, -0.2) is 0 Å². The van der Waals surface area contributed by atoms with Crippen LogP contribution in [0.15, 0.2) is 70.0 Å². The van der Waals surface area contributed by atoms with Crippen molar-refractivity contribution in [3.8, 4) is 0 Å². The monoisotopic (exact) mass is 299 g/mol. The number of nitrogens with zero attached hydrogens (tertiary/aromatic N) is 1. The first-order valence-electron chi connectivity index (χ1n) is 6.58. The third kappa shape index (κ3) is 4.13. The summed E-state index contributed by atoms with van der Waals surface area (Å²) in [5.74, 6) is 0. The van der Waals surface area contributed by atoms with Crippen LogP contribution in [0.1, 0.15) is 18.1 Å². The van der Waals surface area contributed by atoms with Gasteiger partial charge >= 0.3 is 0 Å². The summed E-state index contributed by atoms with van der Waals surface area (Å²) in [7, 11) is -3.63. The van der Waals surface area contributed by atoms with Gasteiger partial charge in [0.25, 0.3) is 10.0 Å². The van der Waals surface area contributed by atoms with Gasteiger partial charge < -0.3 is 0 Å². The molecule has 0 N–H and O–H groups in total. The molecule has 0 aliphatic heterocycles. The van der Waals surface area contributed by atoms with Crippen molar-refractivity contribution in [1.82, 2.24) is 0 Å². The van der Waals surface area contributed by atoms with Crippen LogP contribution in [0.2, 0.25) is 0 Å². The van der Waals surface area contributed by atoms with Crippen LogP contribution >= 0.6 is 0 Å². The van der Waals surface area contributed by atoms with Gasteiger partial charge in [-0.3, -0.25) is 0 Å². The molecule has 0 atom stereocenters. The van der Waals surface area contributed by atoms with Crippen molar-refractivity contribution in [1.29, 1.82) is 0 Å². The Morgan fingerprint density at radius 3 is 2.24 bits per heavy atom. The second-order valence-electron chi connectivity index (χ2n) is 4.76. The van der Waals surface area contributed by atoms with E-state index in [1.165, 1.54) is 6.21 Å². The number of hydrogen-bond donors (Lipinski definition) is 0. The molecule has 0 saturated carbocycles. The molecule has 4 heteroatoms. The molecule has 2 aromatic rings. The Labute approximate surface area is 125 Å². The van der Waals surface area contributed by atoms with Crippen molar-refractivity contribution in [2.75, 3.05) is 0 Å². The Kier molecular flexibility index (Phi) is 4.70. The molecule has 0 radical (unpaired) electrons. The minimum Gasteiger partial charge on any atom is -0.199 e. The predicted molar refractivity (Wildman–Crippen MR) is 86.9 cm³/mol. The van der Waals surface area contributed by atoms with Crippen molar-refractivity contribution >= 4 is 21.8 Å². The van der Waals surface area contributed by atoms with Crippen molar-refractivity contribution in [3.05, 3.63) is 71.8 Å². The molecule has 0 fully saturated rings. The summed E-state index contributed by atoms with van der Waals surface area (Å²) in [6, 6.07) is 16.4. The van der Waals surface area contributed by atoms with Gasteiger partial charge in [-0.1, -0.05) is 48.0 Å². The molecule has 3 nitrogen and oxygen atoms in total. The van der Waals surface area contributed by atoms with Crippen LogP contribution < -0.4 is 0 Å². The van der Waals surface area contributed by atoms with E-state index in [1.807, 2.05) is 44.2 Å². The van der Waals surface area contributed by atoms with E-state index in [2.05, 4.69) is 4.40 Å². The van der Waals surface area contributed by atoms with E-state index in [4.69, 9.17) is 0 Å². The van der Waals surface area contributed by atoms with E-state index < -0.39 is 10.0 Å². The minimum atomic E-state index is -3.63. The smallest absolute Gasteiger partial charge is 0.199 e. The molecule has 2 aromatic carbocycles. The molecule has 21 heavy (non-hydrogen) atoms. The normalized spacial score (nSPS) is 12.8. The summed E-state index contributed by atoms with van der Waals surface area (Å²) in [5.41, 5.74) is 3.01. The third-order valence-electron chi connectivity index (χ3n) is 3.07. The van der Waals surface area contributed by atoms with Gasteiger partial charge in [0.1, 0.15) is 0 Å². The van der Waals surface area contributed by atoms with Crippen molar-refractivity contribution in [2.45, 2.75) is 18.7 Å². The van der Waals surface area contributed by atoms with Gasteiger partial charge in [0, 0.05) is 6.21 Å². The highest BCUT2D eigenvalue weighted by Crippen LogP contribution is 2.14. The molecular weight excluding hydrogens is 282 g/mol. The summed E-state index contributed by atoms with van der Waals surface area (Å²) >= 11 is 0. The lowest BCUT2D eigenvalue weighted by Gasteiger charge is -2.00. The SMILES string of the molecule is C/C(=C\C=N\S(=O)(=O)c1ccc(C)cc1)c1ccccc1. The molecule has 2 rings (SSSR count). The fourth-order valence-corrected chi connectivity index (χ4v) is 2.61. The van der Waals surface area contributed by atoms with Gasteiger partial charge in [0.15, 0.2) is 0 Å². The maximum Gasteiger partial charge on any atom is 0.282 e. The van der Waals surface area contributed by atoms with Crippen LogP contribution in [0.4, 0.5) is 0 Å². The highest BCUT2D eigenvalue weighted by molar-refractivity contribution is 7.90. The maximum atomic E-state index is 12.0. The lowest BCUT2D eigenvalue weighted by atomic mass is 10.1. The molecule has 0 unspecified atom stereocenters. The first-order chi connectivity index (χ1) is 9.99. The maximum absolute atomic E-state index is 12.0. The van der Waals surface area contributed by atoms with Crippen molar-refractivity contribution in [3.63, 3.8) is 0 Å². The van der Waals surface area contributed by atoms with Crippen LogP contribution in [-0.4, -0.2) is 14.6 Å². The molecular formula is C17H17NO2S. The van der Waals surface area contributed by atoms with E-state index in [9.17, 15) is 8.42 Å². The average molecular weight is 299 g/mol. The summed E-state index contributed by atoms with van der Waals surface area (Å²) < 4.78 is 27.8. The van der Waals surface area contributed by atoms with Gasteiger partial charge in [0.2, 0.25) is 0 Å². The Balaban J connectivity index is 2.19. The molecule has 0 bridgehead atoms. The number of hydrogen-bond acceptors (Lipinski definition) is 2. The van der Waals surface area contributed by atoms with E-state index >= 15 is 0 Å². The third-order valence-corrected chi connectivity index (χ3v) is 4.34. The van der Waals surface area contributed by atoms with Gasteiger partial charge in [-0.05, 0) is 43.2 Å². The van der Waals surface area contributed by atoms with E-state index in [0.717, 1.165) is 16.7 Å². The number of rotatable bonds is 4. The largest absolute Gasteiger partial charge is 0.282 e. The molecule has 0 aliphatic carbocycles. The molecule has 0 heterocycles.